The molecule has 52 heavy (non-hydrogen) atoms. The minimum absolute atomic E-state index is 0.0183. The summed E-state index contributed by atoms with van der Waals surface area (Å²) < 4.78 is 8.18. The van der Waals surface area contributed by atoms with Crippen LogP contribution >= 0.6 is 0 Å². The highest BCUT2D eigenvalue weighted by Gasteiger charge is 2.49. The van der Waals surface area contributed by atoms with E-state index in [1.807, 2.05) is 44.2 Å². The van der Waals surface area contributed by atoms with Crippen LogP contribution in [0.15, 0.2) is 53.0 Å². The smallest absolute Gasteiger partial charge is 0.343 e. The number of esters is 1. The fraction of sp³-hybridized carbons (Fsp3) is 0.558. The fourth-order valence-electron chi connectivity index (χ4n) is 7.81. The van der Waals surface area contributed by atoms with Crippen LogP contribution in [0.2, 0.25) is 0 Å². The van der Waals surface area contributed by atoms with Crippen molar-refractivity contribution < 1.29 is 14.6 Å². The number of hydrogen-bond acceptors (Lipinski definition) is 8. The van der Waals surface area contributed by atoms with Crippen molar-refractivity contribution in [3.8, 4) is 17.5 Å². The van der Waals surface area contributed by atoms with E-state index in [1.165, 1.54) is 10.2 Å². The van der Waals surface area contributed by atoms with Gasteiger partial charge in [0.2, 0.25) is 0 Å². The van der Waals surface area contributed by atoms with E-state index in [2.05, 4.69) is 92.3 Å². The van der Waals surface area contributed by atoms with Crippen molar-refractivity contribution >= 4 is 28.8 Å². The number of rotatable bonds is 8. The first-order chi connectivity index (χ1) is 24.3. The first-order valence-corrected chi connectivity index (χ1v) is 18.8. The molecule has 2 atom stereocenters. The van der Waals surface area contributed by atoms with Crippen LogP contribution in [0.25, 0.3) is 17.0 Å². The molecule has 5 rings (SSSR count). The first kappa shape index (κ1) is 38.9. The zero-order valence-electron chi connectivity index (χ0n) is 33.3. The maximum atomic E-state index is 14.7. The average Bonchev–Trinajstić information content (AvgIpc) is 3.61. The van der Waals surface area contributed by atoms with Crippen molar-refractivity contribution in [2.24, 2.45) is 33.6 Å². The van der Waals surface area contributed by atoms with Crippen molar-refractivity contribution in [2.45, 2.75) is 107 Å². The van der Waals surface area contributed by atoms with Gasteiger partial charge in [0, 0.05) is 36.2 Å². The second kappa shape index (κ2) is 14.6. The maximum Gasteiger partial charge on any atom is 0.343 e. The Hall–Kier alpha value is -4.29. The molecule has 0 amide bonds. The molecule has 2 aromatic carbocycles. The van der Waals surface area contributed by atoms with E-state index in [-0.39, 0.29) is 63.6 Å². The van der Waals surface area contributed by atoms with E-state index in [1.54, 1.807) is 0 Å². The number of aliphatic hydroxyl groups excluding tert-OH is 1. The summed E-state index contributed by atoms with van der Waals surface area (Å²) in [6.45, 7) is 27.5. The number of benzene rings is 2. The van der Waals surface area contributed by atoms with Gasteiger partial charge >= 0.3 is 5.97 Å². The Morgan fingerprint density at radius 2 is 1.63 bits per heavy atom. The van der Waals surface area contributed by atoms with Crippen LogP contribution in [0.4, 0.5) is 11.4 Å². The van der Waals surface area contributed by atoms with Crippen LogP contribution in [-0.2, 0) is 14.9 Å². The molecule has 1 saturated carbocycles. The lowest BCUT2D eigenvalue weighted by molar-refractivity contribution is -0.162. The quantitative estimate of drug-likeness (QED) is 0.233. The minimum atomic E-state index is -0.567. The van der Waals surface area contributed by atoms with Crippen LogP contribution in [0.5, 0.6) is 0 Å². The summed E-state index contributed by atoms with van der Waals surface area (Å²) in [6, 6.07) is 16.3. The van der Waals surface area contributed by atoms with Crippen molar-refractivity contribution in [3.63, 3.8) is 0 Å². The summed E-state index contributed by atoms with van der Waals surface area (Å²) in [5.41, 5.74) is 4.45. The lowest BCUT2D eigenvalue weighted by Crippen LogP contribution is -2.49. The molecule has 0 saturated heterocycles. The molecule has 0 radical (unpaired) electrons. The summed E-state index contributed by atoms with van der Waals surface area (Å²) in [5.74, 6) is 1.14. The molecule has 1 N–H and O–H groups in total. The van der Waals surface area contributed by atoms with Gasteiger partial charge < -0.3 is 14.7 Å². The highest BCUT2D eigenvalue weighted by atomic mass is 16.5. The number of allylic oxidation sites excluding steroid dienone is 1. The zero-order valence-corrected chi connectivity index (χ0v) is 33.3. The largest absolute Gasteiger partial charge is 0.458 e. The van der Waals surface area contributed by atoms with Gasteiger partial charge in [-0.3, -0.25) is 0 Å². The van der Waals surface area contributed by atoms with Crippen molar-refractivity contribution in [2.75, 3.05) is 24.6 Å². The number of anilines is 1. The average molecular weight is 707 g/mol. The Kier molecular flexibility index (Phi) is 10.9. The molecule has 2 unspecified atom stereocenters. The molecule has 278 valence electrons. The Morgan fingerprint density at radius 1 is 1.02 bits per heavy atom. The van der Waals surface area contributed by atoms with Gasteiger partial charge in [-0.2, -0.15) is 9.94 Å². The van der Waals surface area contributed by atoms with Crippen LogP contribution in [0, 0.1) is 46.8 Å². The summed E-state index contributed by atoms with van der Waals surface area (Å²) in [5, 5.41) is 25.1. The molecular formula is C43H58N6O3. The Balaban J connectivity index is 1.65. The lowest BCUT2D eigenvalue weighted by atomic mass is 9.59. The number of fused-ring (bicyclic) bond motifs is 1. The van der Waals surface area contributed by atoms with Crippen LogP contribution in [0.1, 0.15) is 106 Å². The number of nitriles is 1. The van der Waals surface area contributed by atoms with Gasteiger partial charge in [-0.1, -0.05) is 93.5 Å². The third kappa shape index (κ3) is 7.88. The van der Waals surface area contributed by atoms with Crippen molar-refractivity contribution in [3.05, 3.63) is 65.0 Å². The molecule has 9 nitrogen and oxygen atoms in total. The number of ether oxygens (including phenoxy) is 1. The van der Waals surface area contributed by atoms with E-state index >= 15 is 0 Å². The van der Waals surface area contributed by atoms with Gasteiger partial charge in [0.05, 0.1) is 12.3 Å². The van der Waals surface area contributed by atoms with E-state index < -0.39 is 5.97 Å². The summed E-state index contributed by atoms with van der Waals surface area (Å²) in [6.07, 6.45) is 1.57. The van der Waals surface area contributed by atoms with E-state index in [9.17, 15) is 15.2 Å². The SMILES string of the molecule is CCN(CCO)c1ccc(N=C2C(C#N)=C(C(=O)OC3C(C(C)(C)C)CC(C)CC3C(C)(C)C)c3nc(-c4ccc(C(C)(C)C)cc4)nn32)c(C)c1. The minimum Gasteiger partial charge on any atom is -0.458 e. The third-order valence-corrected chi connectivity index (χ3v) is 10.9. The predicted octanol–water partition coefficient (Wildman–Crippen LogP) is 8.91. The number of hydrogen-bond donors (Lipinski definition) is 1. The second-order valence-electron chi connectivity index (χ2n) is 18.0. The molecular weight excluding hydrogens is 649 g/mol. The zero-order chi connectivity index (χ0) is 38.3. The summed E-state index contributed by atoms with van der Waals surface area (Å²) in [4.78, 5) is 26.6. The van der Waals surface area contributed by atoms with Gasteiger partial charge in [-0.05, 0) is 78.2 Å². The third-order valence-electron chi connectivity index (χ3n) is 10.9. The number of carbonyl (C=O) groups is 1. The number of aryl methyl sites for hydroxylation is 1. The number of aliphatic imine (C=N–C) groups is 1. The monoisotopic (exact) mass is 706 g/mol. The van der Waals surface area contributed by atoms with Gasteiger partial charge in [0.15, 0.2) is 17.5 Å². The Morgan fingerprint density at radius 3 is 2.13 bits per heavy atom. The summed E-state index contributed by atoms with van der Waals surface area (Å²) in [7, 11) is 0. The number of likely N-dealkylation sites (N-methyl/N-ethyl adjacent to an activating group) is 1. The van der Waals surface area contributed by atoms with Gasteiger partial charge in [-0.25, -0.2) is 14.8 Å². The molecule has 1 fully saturated rings. The standard InChI is InChI=1S/C43H58N6O3/c1-13-48(20-21-50)30-18-19-34(27(3)24-30)45-38-31(25-44)35(39-46-37(47-49(38)39)28-14-16-29(17-15-28)41(4,5)6)40(51)52-36-32(42(7,8)9)22-26(2)23-33(36)43(10,11)12/h14-19,24,26,32-33,36,50H,13,20-23H2,1-12H3. The summed E-state index contributed by atoms with van der Waals surface area (Å²) >= 11 is 0. The molecule has 2 heterocycles. The predicted molar refractivity (Wildman–Crippen MR) is 210 cm³/mol. The second-order valence-corrected chi connectivity index (χ2v) is 18.0. The molecule has 1 aliphatic heterocycles. The van der Waals surface area contributed by atoms with E-state index in [0.717, 1.165) is 36.2 Å². The topological polar surface area (TPSA) is 117 Å². The first-order valence-electron chi connectivity index (χ1n) is 18.8. The molecule has 2 aliphatic rings. The van der Waals surface area contributed by atoms with E-state index in [0.29, 0.717) is 24.0 Å². The van der Waals surface area contributed by atoms with Crippen molar-refractivity contribution in [1.82, 2.24) is 14.8 Å². The molecule has 0 bridgehead atoms. The molecule has 0 spiro atoms. The van der Waals surface area contributed by atoms with Gasteiger partial charge in [0.1, 0.15) is 23.3 Å². The van der Waals surface area contributed by atoms with Gasteiger partial charge in [-0.15, -0.1) is 5.10 Å². The highest BCUT2D eigenvalue weighted by molar-refractivity contribution is 6.30. The fourth-order valence-corrected chi connectivity index (χ4v) is 7.81. The number of nitrogens with zero attached hydrogens (tertiary/aromatic N) is 6. The molecule has 3 aromatic rings. The Labute approximate surface area is 310 Å². The van der Waals surface area contributed by atoms with Gasteiger partial charge in [0.25, 0.3) is 0 Å². The van der Waals surface area contributed by atoms with Crippen LogP contribution in [0.3, 0.4) is 0 Å². The number of carbonyl (C=O) groups excluding carboxylic acids is 1. The van der Waals surface area contributed by atoms with Crippen molar-refractivity contribution in [1.29, 1.82) is 5.26 Å². The molecule has 1 aliphatic carbocycles. The number of aromatic nitrogens is 3. The maximum absolute atomic E-state index is 14.7. The highest BCUT2D eigenvalue weighted by Crippen LogP contribution is 2.50. The van der Waals surface area contributed by atoms with Crippen LogP contribution < -0.4 is 4.90 Å². The molecule has 1 aromatic heterocycles. The Bertz CT molecular complexity index is 1870. The lowest BCUT2D eigenvalue weighted by Gasteiger charge is -2.50. The normalized spacial score (nSPS) is 21.7. The number of aliphatic hydroxyl groups is 1. The van der Waals surface area contributed by atoms with E-state index in [4.69, 9.17) is 19.8 Å². The molecule has 9 heteroatoms. The van der Waals surface area contributed by atoms with Crippen LogP contribution in [-0.4, -0.2) is 57.5 Å².